The average Bonchev–Trinajstić information content (AvgIpc) is 3.47. The highest BCUT2D eigenvalue weighted by Gasteiger charge is 2.40. The highest BCUT2D eigenvalue weighted by atomic mass is 16.5. The van der Waals surface area contributed by atoms with Crippen molar-refractivity contribution < 1.29 is 23.8 Å². The predicted octanol–water partition coefficient (Wildman–Crippen LogP) is 7.27. The first-order valence-electron chi connectivity index (χ1n) is 15.4. The summed E-state index contributed by atoms with van der Waals surface area (Å²) in [4.78, 5) is 32.3. The third-order valence-electron chi connectivity index (χ3n) is 8.70. The van der Waals surface area contributed by atoms with E-state index in [1.165, 1.54) is 12.0 Å². The van der Waals surface area contributed by atoms with Gasteiger partial charge in [-0.15, -0.1) is 0 Å². The molecule has 4 aromatic rings. The number of aromatic nitrogens is 1. The molecule has 2 unspecified atom stereocenters. The van der Waals surface area contributed by atoms with E-state index in [-0.39, 0.29) is 17.9 Å². The molecule has 1 aromatic heterocycles. The second-order valence-corrected chi connectivity index (χ2v) is 11.8. The Morgan fingerprint density at radius 1 is 0.795 bits per heavy atom. The van der Waals surface area contributed by atoms with Gasteiger partial charge in [0.1, 0.15) is 0 Å². The van der Waals surface area contributed by atoms with Gasteiger partial charge in [-0.05, 0) is 65.8 Å². The van der Waals surface area contributed by atoms with Gasteiger partial charge in [-0.3, -0.25) is 9.59 Å². The van der Waals surface area contributed by atoms with Crippen LogP contribution >= 0.6 is 0 Å². The third kappa shape index (κ3) is 6.54. The zero-order chi connectivity index (χ0) is 31.2. The number of para-hydroxylation sites is 1. The van der Waals surface area contributed by atoms with E-state index in [1.54, 1.807) is 33.5 Å². The quantitative estimate of drug-likeness (QED) is 0.169. The van der Waals surface area contributed by atoms with Crippen LogP contribution in [0.5, 0.6) is 17.2 Å². The number of anilines is 1. The van der Waals surface area contributed by atoms with Crippen LogP contribution in [0.3, 0.4) is 0 Å². The second kappa shape index (κ2) is 13.9. The predicted molar refractivity (Wildman–Crippen MR) is 174 cm³/mol. The van der Waals surface area contributed by atoms with Gasteiger partial charge < -0.3 is 29.8 Å². The number of nitrogens with one attached hydrogen (secondary N) is 3. The number of ether oxygens (including phenoxy) is 3. The third-order valence-corrected chi connectivity index (χ3v) is 8.70. The van der Waals surface area contributed by atoms with E-state index in [2.05, 4.69) is 29.5 Å². The molecule has 2 atom stereocenters. The van der Waals surface area contributed by atoms with Crippen LogP contribution in [0.1, 0.15) is 80.4 Å². The van der Waals surface area contributed by atoms with E-state index in [4.69, 9.17) is 14.2 Å². The van der Waals surface area contributed by atoms with E-state index in [9.17, 15) is 9.59 Å². The van der Waals surface area contributed by atoms with Gasteiger partial charge in [-0.2, -0.15) is 0 Å². The SMILES string of the molecule is COc1cc(C(C(=O)NC2CCCCC2)C(C(=O)Nc2ccc(C(C)C)cc2)c2c[nH]c3ccccc23)cc(OC)c1OC. The standard InChI is InChI=1S/C36H43N3O5/c1-22(2)23-15-17-26(18-16-23)39-36(41)33(28-21-37-29-14-10-9-13-27(28)29)32(35(40)38-25-11-7-6-8-12-25)24-19-30(42-3)34(44-5)31(20-24)43-4/h9-10,13-22,25,32-33,37H,6-8,11-12H2,1-5H3,(H,38,40)(H,39,41). The monoisotopic (exact) mass is 597 g/mol. The van der Waals surface area contributed by atoms with Crippen molar-refractivity contribution in [2.45, 2.75) is 69.7 Å². The summed E-state index contributed by atoms with van der Waals surface area (Å²) >= 11 is 0. The Morgan fingerprint density at radius 3 is 2.07 bits per heavy atom. The van der Waals surface area contributed by atoms with Crippen LogP contribution < -0.4 is 24.8 Å². The topological polar surface area (TPSA) is 102 Å². The van der Waals surface area contributed by atoms with Gasteiger partial charge in [-0.25, -0.2) is 0 Å². The van der Waals surface area contributed by atoms with Gasteiger partial charge in [0.05, 0.1) is 33.2 Å². The van der Waals surface area contributed by atoms with Crippen LogP contribution in [0.15, 0.2) is 66.9 Å². The summed E-state index contributed by atoms with van der Waals surface area (Å²) in [5, 5.41) is 7.32. The molecular formula is C36H43N3O5. The molecule has 1 fully saturated rings. The summed E-state index contributed by atoms with van der Waals surface area (Å²) in [5.74, 6) is -0.673. The zero-order valence-electron chi connectivity index (χ0n) is 26.2. The number of aromatic amines is 1. The summed E-state index contributed by atoms with van der Waals surface area (Å²) < 4.78 is 16.9. The van der Waals surface area contributed by atoms with Gasteiger partial charge in [-0.1, -0.05) is 63.4 Å². The van der Waals surface area contributed by atoms with Gasteiger partial charge >= 0.3 is 0 Å². The molecule has 44 heavy (non-hydrogen) atoms. The lowest BCUT2D eigenvalue weighted by Crippen LogP contribution is -2.42. The largest absolute Gasteiger partial charge is 0.493 e. The van der Waals surface area contributed by atoms with E-state index < -0.39 is 11.8 Å². The van der Waals surface area contributed by atoms with E-state index in [0.717, 1.165) is 42.1 Å². The fraction of sp³-hybridized carbons (Fsp3) is 0.389. The number of benzene rings is 3. The van der Waals surface area contributed by atoms with Crippen molar-refractivity contribution in [3.05, 3.63) is 83.6 Å². The molecule has 3 aromatic carbocycles. The van der Waals surface area contributed by atoms with Crippen LogP contribution in [-0.4, -0.2) is 44.2 Å². The zero-order valence-corrected chi connectivity index (χ0v) is 26.2. The summed E-state index contributed by atoms with van der Waals surface area (Å²) in [5.41, 5.74) is 4.06. The van der Waals surface area contributed by atoms with Gasteiger partial charge in [0, 0.05) is 28.8 Å². The molecule has 0 saturated heterocycles. The lowest BCUT2D eigenvalue weighted by atomic mass is 9.79. The van der Waals surface area contributed by atoms with Crippen molar-refractivity contribution >= 4 is 28.4 Å². The number of carbonyl (C=O) groups excluding carboxylic acids is 2. The number of amides is 2. The maximum atomic E-state index is 14.5. The van der Waals surface area contributed by atoms with Crippen molar-refractivity contribution in [2.24, 2.45) is 0 Å². The molecular weight excluding hydrogens is 554 g/mol. The van der Waals surface area contributed by atoms with Crippen LogP contribution in [0.2, 0.25) is 0 Å². The molecule has 8 heteroatoms. The minimum Gasteiger partial charge on any atom is -0.493 e. The number of hydrogen-bond donors (Lipinski definition) is 3. The van der Waals surface area contributed by atoms with Crippen molar-refractivity contribution in [1.29, 1.82) is 0 Å². The number of fused-ring (bicyclic) bond motifs is 1. The summed E-state index contributed by atoms with van der Waals surface area (Å²) in [6.45, 7) is 4.26. The van der Waals surface area contributed by atoms with Gasteiger partial charge in [0.25, 0.3) is 0 Å². The van der Waals surface area contributed by atoms with Gasteiger partial charge in [0.2, 0.25) is 17.6 Å². The highest BCUT2D eigenvalue weighted by molar-refractivity contribution is 6.04. The smallest absolute Gasteiger partial charge is 0.233 e. The molecule has 0 spiro atoms. The van der Waals surface area contributed by atoms with E-state index in [1.807, 2.05) is 54.7 Å². The van der Waals surface area contributed by atoms with Crippen LogP contribution in [0.4, 0.5) is 5.69 Å². The van der Waals surface area contributed by atoms with Crippen molar-refractivity contribution in [3.63, 3.8) is 0 Å². The Bertz CT molecular complexity index is 1560. The lowest BCUT2D eigenvalue weighted by molar-refractivity contribution is -0.127. The number of H-pyrrole nitrogens is 1. The molecule has 232 valence electrons. The molecule has 0 aliphatic heterocycles. The van der Waals surface area contributed by atoms with E-state index >= 15 is 0 Å². The fourth-order valence-corrected chi connectivity index (χ4v) is 6.31. The first-order valence-corrected chi connectivity index (χ1v) is 15.4. The summed E-state index contributed by atoms with van der Waals surface area (Å²) in [6, 6.07) is 19.3. The molecule has 0 bridgehead atoms. The molecule has 8 nitrogen and oxygen atoms in total. The Balaban J connectivity index is 1.66. The Hall–Kier alpha value is -4.46. The van der Waals surface area contributed by atoms with Crippen LogP contribution in [0.25, 0.3) is 10.9 Å². The van der Waals surface area contributed by atoms with E-state index in [0.29, 0.717) is 34.4 Å². The molecule has 2 amide bonds. The molecule has 1 saturated carbocycles. The molecule has 3 N–H and O–H groups in total. The van der Waals surface area contributed by atoms with Crippen molar-refractivity contribution in [2.75, 3.05) is 26.6 Å². The maximum Gasteiger partial charge on any atom is 0.233 e. The summed E-state index contributed by atoms with van der Waals surface area (Å²) in [7, 11) is 4.63. The first-order chi connectivity index (χ1) is 21.3. The minimum atomic E-state index is -0.903. The first kappa shape index (κ1) is 31.0. The second-order valence-electron chi connectivity index (χ2n) is 11.8. The summed E-state index contributed by atoms with van der Waals surface area (Å²) in [6.07, 6.45) is 6.98. The number of hydrogen-bond acceptors (Lipinski definition) is 5. The normalized spacial score (nSPS) is 15.0. The molecule has 5 rings (SSSR count). The molecule has 1 heterocycles. The Labute approximate surface area is 259 Å². The number of carbonyl (C=O) groups is 2. The highest BCUT2D eigenvalue weighted by Crippen LogP contribution is 2.45. The Kier molecular flexibility index (Phi) is 9.78. The molecule has 1 aliphatic carbocycles. The molecule has 0 radical (unpaired) electrons. The van der Waals surface area contributed by atoms with Gasteiger partial charge in [0.15, 0.2) is 11.5 Å². The fourth-order valence-electron chi connectivity index (χ4n) is 6.31. The van der Waals surface area contributed by atoms with Crippen LogP contribution in [0, 0.1) is 0 Å². The minimum absolute atomic E-state index is 0.0519. The number of rotatable bonds is 11. The van der Waals surface area contributed by atoms with Crippen molar-refractivity contribution in [3.8, 4) is 17.2 Å². The van der Waals surface area contributed by atoms with Crippen molar-refractivity contribution in [1.82, 2.24) is 10.3 Å². The average molecular weight is 598 g/mol. The molecule has 1 aliphatic rings. The Morgan fingerprint density at radius 2 is 1.45 bits per heavy atom. The lowest BCUT2D eigenvalue weighted by Gasteiger charge is -2.30. The number of methoxy groups -OCH3 is 3. The maximum absolute atomic E-state index is 14.5. The van der Waals surface area contributed by atoms with Crippen LogP contribution in [-0.2, 0) is 9.59 Å².